The van der Waals surface area contributed by atoms with Gasteiger partial charge < -0.3 is 4.90 Å². The maximum Gasteiger partial charge on any atom is 0.226 e. The fourth-order valence-corrected chi connectivity index (χ4v) is 11.2. The SMILES string of the molecule is CC1(C)C2CCC1(CS(=O)(=O)N1CCC3(CC1)SCCN3C(=O)C1CCCCC1)C(=O)C2. The highest BCUT2D eigenvalue weighted by atomic mass is 32.2. The van der Waals surface area contributed by atoms with Crippen molar-refractivity contribution < 1.29 is 18.0 Å². The quantitative estimate of drug-likeness (QED) is 0.611. The standard InChI is InChI=1S/C24H38N2O4S2/c1-22(2)19-8-9-23(22,20(27)16-19)17-32(29,30)25-12-10-24(11-13-25)26(14-15-31-24)21(28)18-6-4-3-5-7-18/h18-19H,3-17H2,1-2H3. The number of Topliss-reactive ketones (excluding diaryl/α,β-unsaturated/α-hetero) is 1. The van der Waals surface area contributed by atoms with E-state index in [4.69, 9.17) is 0 Å². The maximum atomic E-state index is 13.5. The Kier molecular flexibility index (Phi) is 5.77. The molecule has 2 unspecified atom stereocenters. The molecule has 1 spiro atoms. The molecule has 6 nitrogen and oxygen atoms in total. The Morgan fingerprint density at radius 2 is 1.72 bits per heavy atom. The first-order chi connectivity index (χ1) is 15.1. The van der Waals surface area contributed by atoms with Crippen LogP contribution in [-0.2, 0) is 19.6 Å². The molecule has 2 heterocycles. The van der Waals surface area contributed by atoms with Gasteiger partial charge in [-0.15, -0.1) is 11.8 Å². The van der Waals surface area contributed by atoms with Gasteiger partial charge in [-0.3, -0.25) is 9.59 Å². The average Bonchev–Trinajstić information content (AvgIpc) is 3.33. The fraction of sp³-hybridized carbons (Fsp3) is 0.917. The summed E-state index contributed by atoms with van der Waals surface area (Å²) < 4.78 is 28.6. The van der Waals surface area contributed by atoms with Crippen LogP contribution in [0.15, 0.2) is 0 Å². The predicted molar refractivity (Wildman–Crippen MR) is 127 cm³/mol. The molecule has 2 atom stereocenters. The van der Waals surface area contributed by atoms with E-state index in [0.717, 1.165) is 44.4 Å². The van der Waals surface area contributed by atoms with Crippen LogP contribution in [0.2, 0.25) is 0 Å². The van der Waals surface area contributed by atoms with E-state index in [1.165, 1.54) is 6.42 Å². The summed E-state index contributed by atoms with van der Waals surface area (Å²) in [4.78, 5) is 28.1. The van der Waals surface area contributed by atoms with E-state index < -0.39 is 15.4 Å². The van der Waals surface area contributed by atoms with Gasteiger partial charge in [0.25, 0.3) is 0 Å². The zero-order chi connectivity index (χ0) is 22.8. The highest BCUT2D eigenvalue weighted by Gasteiger charge is 2.65. The van der Waals surface area contributed by atoms with Crippen molar-refractivity contribution in [2.24, 2.45) is 22.7 Å². The molecular weight excluding hydrogens is 444 g/mol. The third-order valence-electron chi connectivity index (χ3n) is 9.86. The molecule has 0 aromatic rings. The number of carbonyl (C=O) groups is 2. The molecule has 2 aliphatic heterocycles. The summed E-state index contributed by atoms with van der Waals surface area (Å²) in [5.74, 6) is 1.85. The molecule has 5 fully saturated rings. The summed E-state index contributed by atoms with van der Waals surface area (Å²) in [6.07, 6.45) is 9.14. The third-order valence-corrected chi connectivity index (χ3v) is 13.4. The Morgan fingerprint density at radius 3 is 2.31 bits per heavy atom. The minimum absolute atomic E-state index is 0.0345. The van der Waals surface area contributed by atoms with E-state index in [1.807, 2.05) is 11.8 Å². The minimum Gasteiger partial charge on any atom is -0.327 e. The van der Waals surface area contributed by atoms with Gasteiger partial charge in [-0.25, -0.2) is 12.7 Å². The van der Waals surface area contributed by atoms with Gasteiger partial charge in [0.05, 0.1) is 10.6 Å². The largest absolute Gasteiger partial charge is 0.327 e. The molecule has 1 amide bonds. The molecule has 5 rings (SSSR count). The lowest BCUT2D eigenvalue weighted by atomic mass is 9.70. The zero-order valence-corrected chi connectivity index (χ0v) is 21.2. The van der Waals surface area contributed by atoms with Crippen LogP contribution in [0, 0.1) is 22.7 Å². The fourth-order valence-electron chi connectivity index (χ4n) is 7.53. The molecule has 180 valence electrons. The molecule has 0 N–H and O–H groups in total. The smallest absolute Gasteiger partial charge is 0.226 e. The van der Waals surface area contributed by atoms with Crippen molar-refractivity contribution in [3.8, 4) is 0 Å². The van der Waals surface area contributed by atoms with E-state index >= 15 is 0 Å². The van der Waals surface area contributed by atoms with E-state index in [9.17, 15) is 18.0 Å². The first-order valence-corrected chi connectivity index (χ1v) is 15.2. The number of hydrogen-bond acceptors (Lipinski definition) is 5. The van der Waals surface area contributed by atoms with Crippen molar-refractivity contribution in [1.82, 2.24) is 9.21 Å². The summed E-state index contributed by atoms with van der Waals surface area (Å²) in [6.45, 7) is 5.90. The number of fused-ring (bicyclic) bond motifs is 2. The van der Waals surface area contributed by atoms with Crippen LogP contribution < -0.4 is 0 Å². The van der Waals surface area contributed by atoms with Crippen LogP contribution in [0.1, 0.15) is 78.1 Å². The van der Waals surface area contributed by atoms with Gasteiger partial charge in [0.15, 0.2) is 0 Å². The van der Waals surface area contributed by atoms with E-state index in [0.29, 0.717) is 50.6 Å². The van der Waals surface area contributed by atoms with Crippen molar-refractivity contribution >= 4 is 33.5 Å². The van der Waals surface area contributed by atoms with Gasteiger partial charge in [-0.2, -0.15) is 0 Å². The highest BCUT2D eigenvalue weighted by molar-refractivity contribution is 8.00. The molecule has 2 bridgehead atoms. The zero-order valence-electron chi connectivity index (χ0n) is 19.6. The van der Waals surface area contributed by atoms with Gasteiger partial charge in [-0.05, 0) is 49.9 Å². The van der Waals surface area contributed by atoms with Crippen molar-refractivity contribution in [3.05, 3.63) is 0 Å². The number of carbonyl (C=O) groups excluding carboxylic acids is 2. The lowest BCUT2D eigenvalue weighted by Gasteiger charge is -2.45. The van der Waals surface area contributed by atoms with Gasteiger partial charge in [0.1, 0.15) is 5.78 Å². The van der Waals surface area contributed by atoms with Gasteiger partial charge in [0, 0.05) is 43.1 Å². The van der Waals surface area contributed by atoms with Crippen LogP contribution in [0.3, 0.4) is 0 Å². The summed E-state index contributed by atoms with van der Waals surface area (Å²) >= 11 is 1.85. The monoisotopic (exact) mass is 482 g/mol. The second-order valence-corrected chi connectivity index (χ2v) is 14.9. The summed E-state index contributed by atoms with van der Waals surface area (Å²) in [5, 5.41) is 0. The number of sulfonamides is 1. The number of ketones is 1. The number of thioether (sulfide) groups is 1. The second kappa shape index (κ2) is 7.98. The summed E-state index contributed by atoms with van der Waals surface area (Å²) in [5.41, 5.74) is -0.949. The van der Waals surface area contributed by atoms with Crippen molar-refractivity contribution in [3.63, 3.8) is 0 Å². The molecule has 32 heavy (non-hydrogen) atoms. The van der Waals surface area contributed by atoms with Gasteiger partial charge >= 0.3 is 0 Å². The van der Waals surface area contributed by atoms with Crippen LogP contribution in [0.5, 0.6) is 0 Å². The molecule has 0 radical (unpaired) electrons. The van der Waals surface area contributed by atoms with Crippen LogP contribution in [0.4, 0.5) is 0 Å². The van der Waals surface area contributed by atoms with Crippen LogP contribution >= 0.6 is 11.8 Å². The molecule has 3 aliphatic carbocycles. The lowest BCUT2D eigenvalue weighted by molar-refractivity contribution is -0.140. The molecule has 8 heteroatoms. The Morgan fingerprint density at radius 1 is 1.03 bits per heavy atom. The normalized spacial score (nSPS) is 35.1. The number of nitrogens with zero attached hydrogens (tertiary/aromatic N) is 2. The molecule has 2 saturated heterocycles. The molecule has 0 aromatic heterocycles. The predicted octanol–water partition coefficient (Wildman–Crippen LogP) is 3.66. The number of hydrogen-bond donors (Lipinski definition) is 0. The highest BCUT2D eigenvalue weighted by Crippen LogP contribution is 2.64. The van der Waals surface area contributed by atoms with Gasteiger partial charge in [-0.1, -0.05) is 33.1 Å². The molecule has 3 saturated carbocycles. The first kappa shape index (κ1) is 23.2. The number of rotatable bonds is 4. The van der Waals surface area contributed by atoms with Crippen molar-refractivity contribution in [1.29, 1.82) is 0 Å². The van der Waals surface area contributed by atoms with Crippen molar-refractivity contribution in [2.75, 3.05) is 31.1 Å². The Hall–Kier alpha value is -0.600. The Bertz CT molecular complexity index is 888. The molecule has 0 aromatic carbocycles. The summed E-state index contributed by atoms with van der Waals surface area (Å²) in [6, 6.07) is 0. The van der Waals surface area contributed by atoms with Crippen LogP contribution in [-0.4, -0.2) is 65.3 Å². The Labute approximate surface area is 197 Å². The van der Waals surface area contributed by atoms with E-state index in [2.05, 4.69) is 18.7 Å². The van der Waals surface area contributed by atoms with E-state index in [-0.39, 0.29) is 27.7 Å². The van der Waals surface area contributed by atoms with E-state index in [1.54, 1.807) is 4.31 Å². The Balaban J connectivity index is 1.28. The lowest BCUT2D eigenvalue weighted by Crippen LogP contribution is -2.56. The molecular formula is C24H38N2O4S2. The number of amides is 1. The van der Waals surface area contributed by atoms with Gasteiger partial charge in [0.2, 0.25) is 15.9 Å². The third kappa shape index (κ3) is 3.41. The van der Waals surface area contributed by atoms with Crippen molar-refractivity contribution in [2.45, 2.75) is 82.9 Å². The second-order valence-electron chi connectivity index (χ2n) is 11.4. The minimum atomic E-state index is -3.52. The topological polar surface area (TPSA) is 74.8 Å². The number of piperidine rings is 1. The first-order valence-electron chi connectivity index (χ1n) is 12.6. The molecule has 5 aliphatic rings. The maximum absolute atomic E-state index is 13.5. The summed E-state index contributed by atoms with van der Waals surface area (Å²) in [7, 11) is -3.52. The van der Waals surface area contributed by atoms with Crippen LogP contribution in [0.25, 0.3) is 0 Å². The average molecular weight is 483 g/mol.